The molecule has 1 saturated heterocycles. The smallest absolute Gasteiger partial charge is 0.157 e. The fourth-order valence-corrected chi connectivity index (χ4v) is 3.52. The molecule has 1 aliphatic heterocycles. The Morgan fingerprint density at radius 3 is 2.81 bits per heavy atom. The first-order valence-corrected chi connectivity index (χ1v) is 7.65. The predicted molar refractivity (Wildman–Crippen MR) is 78.2 cm³/mol. The quantitative estimate of drug-likeness (QED) is 0.835. The first kappa shape index (κ1) is 14.8. The minimum atomic E-state index is -0.440. The molecular weight excluding hydrogens is 270 g/mol. The SMILES string of the molecule is COCC1(CN2C[C@@H](O)[C@H](Oc3cnn(C)c3)C2)CCC1. The van der Waals surface area contributed by atoms with Gasteiger partial charge in [0, 0.05) is 39.2 Å². The van der Waals surface area contributed by atoms with Gasteiger partial charge in [-0.2, -0.15) is 5.10 Å². The van der Waals surface area contributed by atoms with Crippen LogP contribution in [0.4, 0.5) is 0 Å². The van der Waals surface area contributed by atoms with Gasteiger partial charge in [0.2, 0.25) is 0 Å². The lowest BCUT2D eigenvalue weighted by molar-refractivity contribution is -0.00917. The molecular formula is C15H25N3O3. The van der Waals surface area contributed by atoms with E-state index < -0.39 is 6.10 Å². The highest BCUT2D eigenvalue weighted by Crippen LogP contribution is 2.42. The molecule has 3 rings (SSSR count). The molecule has 1 aromatic rings. The molecule has 21 heavy (non-hydrogen) atoms. The van der Waals surface area contributed by atoms with Gasteiger partial charge >= 0.3 is 0 Å². The Balaban J connectivity index is 1.55. The van der Waals surface area contributed by atoms with Crippen molar-refractivity contribution in [3.63, 3.8) is 0 Å². The van der Waals surface area contributed by atoms with Gasteiger partial charge in [0.05, 0.1) is 19.0 Å². The highest BCUT2D eigenvalue weighted by atomic mass is 16.5. The maximum absolute atomic E-state index is 10.2. The van der Waals surface area contributed by atoms with Crippen LogP contribution in [0, 0.1) is 5.41 Å². The first-order chi connectivity index (χ1) is 10.1. The van der Waals surface area contributed by atoms with Gasteiger partial charge < -0.3 is 14.6 Å². The van der Waals surface area contributed by atoms with Crippen molar-refractivity contribution in [2.45, 2.75) is 31.5 Å². The molecule has 0 aromatic carbocycles. The van der Waals surface area contributed by atoms with E-state index >= 15 is 0 Å². The van der Waals surface area contributed by atoms with Crippen molar-refractivity contribution in [2.75, 3.05) is 33.4 Å². The highest BCUT2D eigenvalue weighted by Gasteiger charge is 2.42. The number of hydrogen-bond donors (Lipinski definition) is 1. The lowest BCUT2D eigenvalue weighted by Gasteiger charge is -2.43. The molecule has 2 atom stereocenters. The number of rotatable bonds is 6. The zero-order valence-electron chi connectivity index (χ0n) is 12.9. The molecule has 0 radical (unpaired) electrons. The Hall–Kier alpha value is -1.11. The van der Waals surface area contributed by atoms with Gasteiger partial charge in [-0.25, -0.2) is 0 Å². The molecule has 6 nitrogen and oxygen atoms in total. The van der Waals surface area contributed by atoms with Crippen molar-refractivity contribution in [1.82, 2.24) is 14.7 Å². The Morgan fingerprint density at radius 1 is 1.43 bits per heavy atom. The number of aromatic nitrogens is 2. The van der Waals surface area contributed by atoms with Crippen LogP contribution in [-0.4, -0.2) is 65.3 Å². The van der Waals surface area contributed by atoms with E-state index in [1.165, 1.54) is 19.3 Å². The van der Waals surface area contributed by atoms with Crippen LogP contribution >= 0.6 is 0 Å². The average Bonchev–Trinajstić information content (AvgIpc) is 2.94. The average molecular weight is 295 g/mol. The summed E-state index contributed by atoms with van der Waals surface area (Å²) in [6.07, 6.45) is 6.64. The summed E-state index contributed by atoms with van der Waals surface area (Å²) in [5.74, 6) is 0.721. The largest absolute Gasteiger partial charge is 0.483 e. The van der Waals surface area contributed by atoms with E-state index in [4.69, 9.17) is 9.47 Å². The number of ether oxygens (including phenoxy) is 2. The van der Waals surface area contributed by atoms with Crippen molar-refractivity contribution in [3.05, 3.63) is 12.4 Å². The highest BCUT2D eigenvalue weighted by molar-refractivity contribution is 5.13. The van der Waals surface area contributed by atoms with E-state index in [9.17, 15) is 5.11 Å². The lowest BCUT2D eigenvalue weighted by atomic mass is 9.69. The first-order valence-electron chi connectivity index (χ1n) is 7.65. The summed E-state index contributed by atoms with van der Waals surface area (Å²) in [6.45, 7) is 3.25. The Labute approximate surface area is 125 Å². The molecule has 1 N–H and O–H groups in total. The van der Waals surface area contributed by atoms with Crippen molar-refractivity contribution in [3.8, 4) is 5.75 Å². The van der Waals surface area contributed by atoms with Crippen molar-refractivity contribution >= 4 is 0 Å². The van der Waals surface area contributed by atoms with Crippen LogP contribution in [0.25, 0.3) is 0 Å². The third-order valence-electron chi connectivity index (χ3n) is 4.70. The van der Waals surface area contributed by atoms with Gasteiger partial charge in [0.25, 0.3) is 0 Å². The van der Waals surface area contributed by atoms with E-state index in [-0.39, 0.29) is 11.5 Å². The van der Waals surface area contributed by atoms with E-state index in [0.717, 1.165) is 25.4 Å². The number of aliphatic hydroxyl groups excluding tert-OH is 1. The molecule has 2 heterocycles. The number of aliphatic hydroxyl groups is 1. The molecule has 1 aliphatic carbocycles. The number of likely N-dealkylation sites (tertiary alicyclic amines) is 1. The Kier molecular flexibility index (Phi) is 4.19. The van der Waals surface area contributed by atoms with Crippen LogP contribution in [0.2, 0.25) is 0 Å². The molecule has 6 heteroatoms. The molecule has 2 fully saturated rings. The number of nitrogens with zero attached hydrogens (tertiary/aromatic N) is 3. The molecule has 2 aliphatic rings. The van der Waals surface area contributed by atoms with Crippen LogP contribution in [-0.2, 0) is 11.8 Å². The Morgan fingerprint density at radius 2 is 2.24 bits per heavy atom. The molecule has 118 valence electrons. The minimum Gasteiger partial charge on any atom is -0.483 e. The van der Waals surface area contributed by atoms with Gasteiger partial charge in [-0.15, -0.1) is 0 Å². The predicted octanol–water partition coefficient (Wildman–Crippen LogP) is 0.661. The summed E-state index contributed by atoms with van der Waals surface area (Å²) in [5, 5.41) is 14.3. The van der Waals surface area contributed by atoms with Crippen molar-refractivity contribution in [1.29, 1.82) is 0 Å². The molecule has 0 spiro atoms. The summed E-state index contributed by atoms with van der Waals surface area (Å²) < 4.78 is 12.9. The third-order valence-corrected chi connectivity index (χ3v) is 4.70. The lowest BCUT2D eigenvalue weighted by Crippen LogP contribution is -2.45. The summed E-state index contributed by atoms with van der Waals surface area (Å²) in [7, 11) is 3.63. The summed E-state index contributed by atoms with van der Waals surface area (Å²) in [5.41, 5.74) is 0.289. The second-order valence-corrected chi connectivity index (χ2v) is 6.55. The van der Waals surface area contributed by atoms with Gasteiger partial charge in [-0.3, -0.25) is 9.58 Å². The molecule has 0 amide bonds. The molecule has 0 bridgehead atoms. The molecule has 0 unspecified atom stereocenters. The second kappa shape index (κ2) is 5.94. The van der Waals surface area contributed by atoms with Crippen LogP contribution in [0.15, 0.2) is 12.4 Å². The standard InChI is InChI=1S/C15H25N3O3/c1-17-7-12(6-16-17)21-14-9-18(8-13(14)19)10-15(11-20-2)4-3-5-15/h6-7,13-14,19H,3-5,8-11H2,1-2H3/t13-,14-/m1/s1. The topological polar surface area (TPSA) is 59.8 Å². The van der Waals surface area contributed by atoms with Gasteiger partial charge in [0.15, 0.2) is 5.75 Å². The normalized spacial score (nSPS) is 28.5. The monoisotopic (exact) mass is 295 g/mol. The molecule has 1 aromatic heterocycles. The molecule has 1 saturated carbocycles. The zero-order valence-corrected chi connectivity index (χ0v) is 12.9. The zero-order chi connectivity index (χ0) is 14.9. The number of aryl methyl sites for hydroxylation is 1. The number of methoxy groups -OCH3 is 1. The van der Waals surface area contributed by atoms with Crippen LogP contribution in [0.5, 0.6) is 5.75 Å². The van der Waals surface area contributed by atoms with Gasteiger partial charge in [0.1, 0.15) is 12.2 Å². The third kappa shape index (κ3) is 3.22. The fraction of sp³-hybridized carbons (Fsp3) is 0.800. The fourth-order valence-electron chi connectivity index (χ4n) is 3.52. The summed E-state index contributed by atoms with van der Waals surface area (Å²) in [4.78, 5) is 2.31. The van der Waals surface area contributed by atoms with Crippen molar-refractivity contribution in [2.24, 2.45) is 12.5 Å². The number of β-amino-alcohol motifs (C(OH)–C–C–N with tert-alkyl or cyclic N) is 1. The summed E-state index contributed by atoms with van der Waals surface area (Å²) in [6, 6.07) is 0. The van der Waals surface area contributed by atoms with Gasteiger partial charge in [-0.1, -0.05) is 6.42 Å². The minimum absolute atomic E-state index is 0.172. The van der Waals surface area contributed by atoms with Crippen LogP contribution < -0.4 is 4.74 Å². The van der Waals surface area contributed by atoms with E-state index in [2.05, 4.69) is 10.00 Å². The van der Waals surface area contributed by atoms with E-state index in [1.54, 1.807) is 18.0 Å². The second-order valence-electron chi connectivity index (χ2n) is 6.55. The van der Waals surface area contributed by atoms with E-state index in [0.29, 0.717) is 6.54 Å². The number of hydrogen-bond acceptors (Lipinski definition) is 5. The Bertz CT molecular complexity index is 472. The maximum Gasteiger partial charge on any atom is 0.157 e. The van der Waals surface area contributed by atoms with Crippen molar-refractivity contribution < 1.29 is 14.6 Å². The van der Waals surface area contributed by atoms with E-state index in [1.807, 2.05) is 13.2 Å². The van der Waals surface area contributed by atoms with Gasteiger partial charge in [-0.05, 0) is 12.8 Å². The maximum atomic E-state index is 10.2. The summed E-state index contributed by atoms with van der Waals surface area (Å²) >= 11 is 0. The van der Waals surface area contributed by atoms with Crippen LogP contribution in [0.1, 0.15) is 19.3 Å². The van der Waals surface area contributed by atoms with Crippen LogP contribution in [0.3, 0.4) is 0 Å².